The number of nitrogens with one attached hydrogen (secondary N) is 1. The Hall–Kier alpha value is -3.32. The predicted octanol–water partition coefficient (Wildman–Crippen LogP) is 4.37. The van der Waals surface area contributed by atoms with Crippen LogP contribution in [0.2, 0.25) is 5.02 Å². The molecule has 0 saturated heterocycles. The summed E-state index contributed by atoms with van der Waals surface area (Å²) in [7, 11) is 5.59. The fraction of sp³-hybridized carbons (Fsp3) is 0.346. The van der Waals surface area contributed by atoms with Gasteiger partial charge in [-0.25, -0.2) is 4.98 Å². The Morgan fingerprint density at radius 2 is 2.00 bits per heavy atom. The van der Waals surface area contributed by atoms with E-state index in [1.807, 2.05) is 68.4 Å². The molecule has 0 spiro atoms. The molecule has 0 amide bonds. The highest BCUT2D eigenvalue weighted by atomic mass is 35.5. The zero-order valence-corrected chi connectivity index (χ0v) is 20.8. The molecule has 1 aliphatic rings. The van der Waals surface area contributed by atoms with Crippen LogP contribution in [0.3, 0.4) is 0 Å². The van der Waals surface area contributed by atoms with Crippen molar-refractivity contribution in [3.05, 3.63) is 74.7 Å². The molecule has 0 aliphatic heterocycles. The van der Waals surface area contributed by atoms with Gasteiger partial charge in [0.05, 0.1) is 16.8 Å². The number of esters is 1. The Morgan fingerprint density at radius 3 is 2.65 bits per heavy atom. The summed E-state index contributed by atoms with van der Waals surface area (Å²) in [5.41, 5.74) is 4.49. The molecule has 34 heavy (non-hydrogen) atoms. The maximum Gasteiger partial charge on any atom is 0.302 e. The molecule has 1 N–H and O–H groups in total. The number of halogens is 1. The van der Waals surface area contributed by atoms with Gasteiger partial charge in [-0.05, 0) is 35.7 Å². The minimum Gasteiger partial charge on any atom is -0.460 e. The molecule has 0 bridgehead atoms. The van der Waals surface area contributed by atoms with Crippen molar-refractivity contribution >= 4 is 29.1 Å². The third-order valence-corrected chi connectivity index (χ3v) is 6.53. The van der Waals surface area contributed by atoms with Crippen molar-refractivity contribution in [2.75, 3.05) is 24.3 Å². The van der Waals surface area contributed by atoms with Crippen molar-refractivity contribution in [1.82, 2.24) is 9.55 Å². The van der Waals surface area contributed by atoms with Crippen molar-refractivity contribution in [3.63, 3.8) is 0 Å². The molecular formula is C26H29ClN4O3. The number of carbonyl (C=O) groups excluding carboxylic acids is 1. The highest BCUT2D eigenvalue weighted by molar-refractivity contribution is 6.33. The van der Waals surface area contributed by atoms with E-state index in [0.717, 1.165) is 22.5 Å². The second kappa shape index (κ2) is 9.50. The van der Waals surface area contributed by atoms with Gasteiger partial charge in [0, 0.05) is 45.7 Å². The normalized spacial score (nSPS) is 16.8. The Labute approximate surface area is 204 Å². The molecule has 1 aromatic heterocycles. The summed E-state index contributed by atoms with van der Waals surface area (Å²) in [5.74, 6) is 0.273. The van der Waals surface area contributed by atoms with E-state index in [4.69, 9.17) is 21.3 Å². The van der Waals surface area contributed by atoms with Crippen LogP contribution >= 0.6 is 11.6 Å². The first-order valence-corrected chi connectivity index (χ1v) is 11.7. The third-order valence-electron chi connectivity index (χ3n) is 6.21. The van der Waals surface area contributed by atoms with Crippen LogP contribution in [-0.2, 0) is 29.4 Å². The maximum atomic E-state index is 13.4. The number of anilines is 2. The first-order chi connectivity index (χ1) is 16.2. The average Bonchev–Trinajstić information content (AvgIpc) is 3.13. The summed E-state index contributed by atoms with van der Waals surface area (Å²) in [6.07, 6.45) is 0.841. The molecule has 0 unspecified atom stereocenters. The highest BCUT2D eigenvalue weighted by Crippen LogP contribution is 2.37. The Bertz CT molecular complexity index is 1300. The van der Waals surface area contributed by atoms with Gasteiger partial charge < -0.3 is 15.0 Å². The molecule has 1 heterocycles. The van der Waals surface area contributed by atoms with E-state index in [-0.39, 0.29) is 23.7 Å². The Kier molecular flexibility index (Phi) is 6.66. The zero-order valence-electron chi connectivity index (χ0n) is 20.1. The van der Waals surface area contributed by atoms with Crippen molar-refractivity contribution in [2.45, 2.75) is 38.8 Å². The number of nitrogens with zero attached hydrogens (tertiary/aromatic N) is 3. The van der Waals surface area contributed by atoms with Crippen LogP contribution in [0.25, 0.3) is 11.3 Å². The molecule has 2 aromatic carbocycles. The average molecular weight is 481 g/mol. The van der Waals surface area contributed by atoms with E-state index in [1.54, 1.807) is 11.6 Å². The van der Waals surface area contributed by atoms with Crippen LogP contribution < -0.4 is 15.8 Å². The largest absolute Gasteiger partial charge is 0.460 e. The Morgan fingerprint density at radius 1 is 1.26 bits per heavy atom. The quantitative estimate of drug-likeness (QED) is 0.528. The fourth-order valence-electron chi connectivity index (χ4n) is 4.47. The smallest absolute Gasteiger partial charge is 0.302 e. The molecule has 4 rings (SSSR count). The summed E-state index contributed by atoms with van der Waals surface area (Å²) in [4.78, 5) is 31.9. The lowest BCUT2D eigenvalue weighted by Gasteiger charge is -2.25. The standard InChI is InChI=1S/C26H29ClN4O3/c1-6-21-25(29-23-18-10-8-7-9-16(18)13-22(23)34-15(2)32)31(5)26(33)24(28-21)19-12-11-17(30(3)4)14-20(19)27/h7-12,14,22-23,29H,6,13H2,1-5H3/t22-,23-/m0/s1. The predicted molar refractivity (Wildman–Crippen MR) is 136 cm³/mol. The minimum absolute atomic E-state index is 0.255. The summed E-state index contributed by atoms with van der Waals surface area (Å²) >= 11 is 6.55. The lowest BCUT2D eigenvalue weighted by atomic mass is 10.1. The van der Waals surface area contributed by atoms with E-state index in [9.17, 15) is 9.59 Å². The number of benzene rings is 2. The number of hydrogen-bond donors (Lipinski definition) is 1. The molecule has 3 aromatic rings. The van der Waals surface area contributed by atoms with Crippen molar-refractivity contribution in [2.24, 2.45) is 7.05 Å². The van der Waals surface area contributed by atoms with Crippen molar-refractivity contribution in [1.29, 1.82) is 0 Å². The number of rotatable bonds is 6. The molecule has 7 nitrogen and oxygen atoms in total. The summed E-state index contributed by atoms with van der Waals surface area (Å²) in [5, 5.41) is 3.95. The van der Waals surface area contributed by atoms with Gasteiger partial charge in [-0.1, -0.05) is 42.8 Å². The van der Waals surface area contributed by atoms with Gasteiger partial charge in [0.2, 0.25) is 0 Å². The van der Waals surface area contributed by atoms with Crippen LogP contribution in [0.4, 0.5) is 11.5 Å². The number of carbonyl (C=O) groups is 1. The van der Waals surface area contributed by atoms with Gasteiger partial charge in [0.15, 0.2) is 0 Å². The molecule has 0 saturated carbocycles. The number of aromatic nitrogens is 2. The first-order valence-electron chi connectivity index (χ1n) is 11.3. The fourth-order valence-corrected chi connectivity index (χ4v) is 4.73. The van der Waals surface area contributed by atoms with Gasteiger partial charge >= 0.3 is 5.97 Å². The van der Waals surface area contributed by atoms with Crippen LogP contribution in [-0.4, -0.2) is 35.7 Å². The molecule has 0 radical (unpaired) electrons. The lowest BCUT2D eigenvalue weighted by molar-refractivity contribution is -0.146. The monoisotopic (exact) mass is 480 g/mol. The second-order valence-electron chi connectivity index (χ2n) is 8.70. The number of hydrogen-bond acceptors (Lipinski definition) is 6. The maximum absolute atomic E-state index is 13.4. The number of fused-ring (bicyclic) bond motifs is 1. The molecule has 1 aliphatic carbocycles. The molecule has 8 heteroatoms. The third kappa shape index (κ3) is 4.40. The van der Waals surface area contributed by atoms with E-state index >= 15 is 0 Å². The van der Waals surface area contributed by atoms with E-state index in [0.29, 0.717) is 34.9 Å². The summed E-state index contributed by atoms with van der Waals surface area (Å²) < 4.78 is 7.20. The highest BCUT2D eigenvalue weighted by Gasteiger charge is 2.35. The van der Waals surface area contributed by atoms with Crippen LogP contribution in [0, 0.1) is 0 Å². The zero-order chi connectivity index (χ0) is 24.6. The van der Waals surface area contributed by atoms with Crippen LogP contribution in [0.5, 0.6) is 0 Å². The first kappa shape index (κ1) is 23.8. The summed E-state index contributed by atoms with van der Waals surface area (Å²) in [6.45, 7) is 3.40. The van der Waals surface area contributed by atoms with Crippen LogP contribution in [0.15, 0.2) is 47.3 Å². The summed E-state index contributed by atoms with van der Waals surface area (Å²) in [6, 6.07) is 13.3. The van der Waals surface area contributed by atoms with E-state index in [1.165, 1.54) is 6.92 Å². The number of aryl methyl sites for hydroxylation is 1. The van der Waals surface area contributed by atoms with Gasteiger partial charge in [-0.2, -0.15) is 0 Å². The molecule has 2 atom stereocenters. The molecule has 0 fully saturated rings. The molecule has 178 valence electrons. The second-order valence-corrected chi connectivity index (χ2v) is 9.11. The SMILES string of the molecule is CCc1nc(-c2ccc(N(C)C)cc2Cl)c(=O)n(C)c1N[C@H]1c2ccccc2C[C@@H]1OC(C)=O. The van der Waals surface area contributed by atoms with Gasteiger partial charge in [-0.3, -0.25) is 14.2 Å². The van der Waals surface area contributed by atoms with Gasteiger partial charge in [0.25, 0.3) is 5.56 Å². The minimum atomic E-state index is -0.373. The number of ether oxygens (including phenoxy) is 1. The molecular weight excluding hydrogens is 452 g/mol. The lowest BCUT2D eigenvalue weighted by Crippen LogP contribution is -2.31. The van der Waals surface area contributed by atoms with Gasteiger partial charge in [0.1, 0.15) is 17.6 Å². The van der Waals surface area contributed by atoms with Crippen LogP contribution in [0.1, 0.15) is 36.7 Å². The van der Waals surface area contributed by atoms with E-state index < -0.39 is 0 Å². The topological polar surface area (TPSA) is 76.5 Å². The van der Waals surface area contributed by atoms with Crippen molar-refractivity contribution < 1.29 is 9.53 Å². The van der Waals surface area contributed by atoms with E-state index in [2.05, 4.69) is 5.32 Å². The Balaban J connectivity index is 1.77. The van der Waals surface area contributed by atoms with Gasteiger partial charge in [-0.15, -0.1) is 0 Å². The van der Waals surface area contributed by atoms with Crippen molar-refractivity contribution in [3.8, 4) is 11.3 Å².